The number of rotatable bonds is 4. The predicted molar refractivity (Wildman–Crippen MR) is 80.3 cm³/mol. The SMILES string of the molecule is CCCN(C(=O)c1ccc(Cl)cc1O)C1CCCNC1. The van der Waals surface area contributed by atoms with E-state index >= 15 is 0 Å². The van der Waals surface area contributed by atoms with E-state index in [4.69, 9.17) is 11.6 Å². The Hall–Kier alpha value is -1.26. The van der Waals surface area contributed by atoms with E-state index in [0.717, 1.165) is 32.4 Å². The van der Waals surface area contributed by atoms with Crippen LogP contribution in [0, 0.1) is 0 Å². The first-order chi connectivity index (χ1) is 9.63. The van der Waals surface area contributed by atoms with Crippen molar-refractivity contribution >= 4 is 17.5 Å². The lowest BCUT2D eigenvalue weighted by atomic mass is 10.0. The minimum Gasteiger partial charge on any atom is -0.507 e. The normalized spacial score (nSPS) is 18.8. The van der Waals surface area contributed by atoms with Crippen molar-refractivity contribution in [2.45, 2.75) is 32.2 Å². The summed E-state index contributed by atoms with van der Waals surface area (Å²) >= 11 is 5.82. The third-order valence-electron chi connectivity index (χ3n) is 3.63. The van der Waals surface area contributed by atoms with Crippen LogP contribution < -0.4 is 5.32 Å². The molecule has 1 atom stereocenters. The minimum atomic E-state index is -0.116. The molecule has 1 fully saturated rings. The van der Waals surface area contributed by atoms with Gasteiger partial charge >= 0.3 is 0 Å². The third-order valence-corrected chi connectivity index (χ3v) is 3.86. The molecule has 0 spiro atoms. The van der Waals surface area contributed by atoms with E-state index in [0.29, 0.717) is 17.1 Å². The maximum atomic E-state index is 12.7. The number of aromatic hydroxyl groups is 1. The highest BCUT2D eigenvalue weighted by molar-refractivity contribution is 6.30. The Morgan fingerprint density at radius 1 is 1.55 bits per heavy atom. The Morgan fingerprint density at radius 2 is 2.35 bits per heavy atom. The second kappa shape index (κ2) is 6.95. The summed E-state index contributed by atoms with van der Waals surface area (Å²) in [6.45, 7) is 4.59. The number of hydrogen-bond acceptors (Lipinski definition) is 3. The number of nitrogens with zero attached hydrogens (tertiary/aromatic N) is 1. The molecule has 110 valence electrons. The quantitative estimate of drug-likeness (QED) is 0.898. The number of benzene rings is 1. The fraction of sp³-hybridized carbons (Fsp3) is 0.533. The maximum absolute atomic E-state index is 12.7. The van der Waals surface area contributed by atoms with Crippen LogP contribution in [-0.2, 0) is 0 Å². The molecule has 1 amide bonds. The molecule has 1 aliphatic rings. The van der Waals surface area contributed by atoms with E-state index in [1.165, 1.54) is 6.07 Å². The summed E-state index contributed by atoms with van der Waals surface area (Å²) in [4.78, 5) is 14.5. The van der Waals surface area contributed by atoms with Gasteiger partial charge < -0.3 is 15.3 Å². The smallest absolute Gasteiger partial charge is 0.257 e. The third kappa shape index (κ3) is 3.44. The van der Waals surface area contributed by atoms with Gasteiger partial charge in [0.05, 0.1) is 5.56 Å². The molecule has 1 saturated heterocycles. The van der Waals surface area contributed by atoms with Crippen LogP contribution in [0.4, 0.5) is 0 Å². The molecule has 2 rings (SSSR count). The number of halogens is 1. The fourth-order valence-corrected chi connectivity index (χ4v) is 2.80. The highest BCUT2D eigenvalue weighted by Crippen LogP contribution is 2.25. The van der Waals surface area contributed by atoms with Crippen LogP contribution in [0.15, 0.2) is 18.2 Å². The molecule has 1 aliphatic heterocycles. The summed E-state index contributed by atoms with van der Waals surface area (Å²) in [6, 6.07) is 4.85. The van der Waals surface area contributed by atoms with E-state index in [-0.39, 0.29) is 17.7 Å². The van der Waals surface area contributed by atoms with Crippen LogP contribution in [0.25, 0.3) is 0 Å². The van der Waals surface area contributed by atoms with Crippen LogP contribution in [0.3, 0.4) is 0 Å². The van der Waals surface area contributed by atoms with Crippen molar-refractivity contribution in [3.8, 4) is 5.75 Å². The van der Waals surface area contributed by atoms with Gasteiger partial charge in [-0.1, -0.05) is 18.5 Å². The first-order valence-corrected chi connectivity index (χ1v) is 7.51. The molecule has 0 aliphatic carbocycles. The molecule has 0 aromatic heterocycles. The average Bonchev–Trinajstić information content (AvgIpc) is 2.45. The van der Waals surface area contributed by atoms with Crippen molar-refractivity contribution in [2.24, 2.45) is 0 Å². The summed E-state index contributed by atoms with van der Waals surface area (Å²) in [6.07, 6.45) is 2.98. The molecular weight excluding hydrogens is 276 g/mol. The second-order valence-electron chi connectivity index (χ2n) is 5.16. The zero-order valence-electron chi connectivity index (χ0n) is 11.7. The van der Waals surface area contributed by atoms with Crippen molar-refractivity contribution in [2.75, 3.05) is 19.6 Å². The largest absolute Gasteiger partial charge is 0.507 e. The maximum Gasteiger partial charge on any atom is 0.257 e. The highest BCUT2D eigenvalue weighted by atomic mass is 35.5. The Kier molecular flexibility index (Phi) is 5.26. The van der Waals surface area contributed by atoms with Crippen molar-refractivity contribution in [3.05, 3.63) is 28.8 Å². The van der Waals surface area contributed by atoms with Gasteiger partial charge in [-0.3, -0.25) is 4.79 Å². The van der Waals surface area contributed by atoms with Crippen LogP contribution in [0.1, 0.15) is 36.5 Å². The molecular formula is C15H21ClN2O2. The summed E-state index contributed by atoms with van der Waals surface area (Å²) in [5.41, 5.74) is 0.327. The van der Waals surface area contributed by atoms with E-state index in [9.17, 15) is 9.90 Å². The van der Waals surface area contributed by atoms with Gasteiger partial charge in [-0.05, 0) is 44.0 Å². The minimum absolute atomic E-state index is 0.0487. The standard InChI is InChI=1S/C15H21ClN2O2/c1-2-8-18(12-4-3-7-17-10-12)15(20)13-6-5-11(16)9-14(13)19/h5-6,9,12,17,19H,2-4,7-8,10H2,1H3. The summed E-state index contributed by atoms with van der Waals surface area (Å²) in [5.74, 6) is -0.165. The van der Waals surface area contributed by atoms with Crippen LogP contribution in [0.2, 0.25) is 5.02 Å². The first kappa shape index (κ1) is 15.1. The molecule has 0 bridgehead atoms. The van der Waals surface area contributed by atoms with Crippen molar-refractivity contribution < 1.29 is 9.90 Å². The number of piperidine rings is 1. The van der Waals surface area contributed by atoms with Gasteiger partial charge in [0.1, 0.15) is 5.75 Å². The molecule has 20 heavy (non-hydrogen) atoms. The first-order valence-electron chi connectivity index (χ1n) is 7.13. The van der Waals surface area contributed by atoms with Crippen LogP contribution in [-0.4, -0.2) is 41.6 Å². The number of phenols is 1. The van der Waals surface area contributed by atoms with Gasteiger partial charge in [0, 0.05) is 24.2 Å². The van der Waals surface area contributed by atoms with Gasteiger partial charge in [-0.25, -0.2) is 0 Å². The van der Waals surface area contributed by atoms with Gasteiger partial charge in [-0.15, -0.1) is 0 Å². The number of amides is 1. The predicted octanol–water partition coefficient (Wildman–Crippen LogP) is 2.65. The summed E-state index contributed by atoms with van der Waals surface area (Å²) in [5, 5.41) is 13.7. The van der Waals surface area contributed by atoms with Crippen LogP contribution in [0.5, 0.6) is 5.75 Å². The summed E-state index contributed by atoms with van der Waals surface area (Å²) in [7, 11) is 0. The number of phenolic OH excluding ortho intramolecular Hbond substituents is 1. The van der Waals surface area contributed by atoms with Crippen molar-refractivity contribution in [1.82, 2.24) is 10.2 Å². The van der Waals surface area contributed by atoms with Gasteiger partial charge in [0.15, 0.2) is 0 Å². The van der Waals surface area contributed by atoms with Gasteiger partial charge in [0.2, 0.25) is 0 Å². The molecule has 1 heterocycles. The Balaban J connectivity index is 2.21. The molecule has 1 aromatic rings. The molecule has 5 heteroatoms. The lowest BCUT2D eigenvalue weighted by Crippen LogP contribution is -2.49. The fourth-order valence-electron chi connectivity index (χ4n) is 2.63. The highest BCUT2D eigenvalue weighted by Gasteiger charge is 2.26. The molecule has 1 aromatic carbocycles. The average molecular weight is 297 g/mol. The van der Waals surface area contributed by atoms with Gasteiger partial charge in [-0.2, -0.15) is 0 Å². The Bertz CT molecular complexity index is 473. The molecule has 1 unspecified atom stereocenters. The van der Waals surface area contributed by atoms with Gasteiger partial charge in [0.25, 0.3) is 5.91 Å². The lowest BCUT2D eigenvalue weighted by molar-refractivity contribution is 0.0646. The Labute approximate surface area is 124 Å². The summed E-state index contributed by atoms with van der Waals surface area (Å²) < 4.78 is 0. The zero-order valence-corrected chi connectivity index (χ0v) is 12.5. The molecule has 0 radical (unpaired) electrons. The van der Waals surface area contributed by atoms with Crippen molar-refractivity contribution in [1.29, 1.82) is 0 Å². The number of carbonyl (C=O) groups is 1. The number of hydrogen-bond donors (Lipinski definition) is 2. The van der Waals surface area contributed by atoms with E-state index in [1.54, 1.807) is 12.1 Å². The van der Waals surface area contributed by atoms with Crippen molar-refractivity contribution in [3.63, 3.8) is 0 Å². The second-order valence-corrected chi connectivity index (χ2v) is 5.60. The monoisotopic (exact) mass is 296 g/mol. The van der Waals surface area contributed by atoms with E-state index in [1.807, 2.05) is 4.90 Å². The topological polar surface area (TPSA) is 52.6 Å². The molecule has 4 nitrogen and oxygen atoms in total. The van der Waals surface area contributed by atoms with Crippen LogP contribution >= 0.6 is 11.6 Å². The zero-order chi connectivity index (χ0) is 14.5. The van der Waals surface area contributed by atoms with E-state index in [2.05, 4.69) is 12.2 Å². The number of nitrogens with one attached hydrogen (secondary N) is 1. The Morgan fingerprint density at radius 3 is 2.95 bits per heavy atom. The number of carbonyl (C=O) groups excluding carboxylic acids is 1. The molecule has 2 N–H and O–H groups in total. The van der Waals surface area contributed by atoms with E-state index < -0.39 is 0 Å². The molecule has 0 saturated carbocycles. The lowest BCUT2D eigenvalue weighted by Gasteiger charge is -2.34.